The first-order chi connectivity index (χ1) is 9.97. The van der Waals surface area contributed by atoms with Gasteiger partial charge in [0.2, 0.25) is 0 Å². The Labute approximate surface area is 120 Å². The Morgan fingerprint density at radius 2 is 1.71 bits per heavy atom. The second-order valence-corrected chi connectivity index (χ2v) is 4.40. The van der Waals surface area contributed by atoms with Crippen LogP contribution in [-0.4, -0.2) is 27.1 Å². The number of carboxylic acids is 2. The van der Waals surface area contributed by atoms with Crippen molar-refractivity contribution in [2.45, 2.75) is 13.5 Å². The molecule has 6 heteroatoms. The quantitative estimate of drug-likeness (QED) is 0.876. The van der Waals surface area contributed by atoms with Gasteiger partial charge in [-0.3, -0.25) is 0 Å². The van der Waals surface area contributed by atoms with E-state index in [1.54, 1.807) is 31.2 Å². The van der Waals surface area contributed by atoms with Crippen molar-refractivity contribution in [3.63, 3.8) is 0 Å². The molecule has 1 heterocycles. The van der Waals surface area contributed by atoms with Gasteiger partial charge >= 0.3 is 11.9 Å². The van der Waals surface area contributed by atoms with Crippen molar-refractivity contribution in [1.82, 2.24) is 4.98 Å². The van der Waals surface area contributed by atoms with Crippen LogP contribution in [0.2, 0.25) is 0 Å². The topological polar surface area (TPSA) is 96.7 Å². The van der Waals surface area contributed by atoms with Gasteiger partial charge in [0.05, 0.1) is 5.56 Å². The van der Waals surface area contributed by atoms with Gasteiger partial charge in [0.25, 0.3) is 0 Å². The lowest BCUT2D eigenvalue weighted by Crippen LogP contribution is -2.07. The molecule has 0 spiro atoms. The third kappa shape index (κ3) is 3.56. The average molecular weight is 287 g/mol. The Kier molecular flexibility index (Phi) is 4.18. The maximum Gasteiger partial charge on any atom is 0.358 e. The van der Waals surface area contributed by atoms with E-state index in [4.69, 9.17) is 14.9 Å². The summed E-state index contributed by atoms with van der Waals surface area (Å²) in [5.41, 5.74) is 1.36. The first kappa shape index (κ1) is 14.5. The average Bonchev–Trinajstić information content (AvgIpc) is 2.46. The highest BCUT2D eigenvalue weighted by Gasteiger charge is 2.13. The minimum atomic E-state index is -1.16. The fourth-order valence-corrected chi connectivity index (χ4v) is 1.72. The molecule has 0 saturated carbocycles. The highest BCUT2D eigenvalue weighted by Crippen LogP contribution is 2.18. The summed E-state index contributed by atoms with van der Waals surface area (Å²) >= 11 is 0. The van der Waals surface area contributed by atoms with Crippen LogP contribution in [0.3, 0.4) is 0 Å². The Balaban J connectivity index is 2.13. The molecular formula is C15H13NO5. The molecule has 0 amide bonds. The Morgan fingerprint density at radius 1 is 1.05 bits per heavy atom. The van der Waals surface area contributed by atoms with Crippen LogP contribution in [0.25, 0.3) is 0 Å². The van der Waals surface area contributed by atoms with Gasteiger partial charge in [0.1, 0.15) is 6.61 Å². The molecule has 0 saturated heterocycles. The molecule has 21 heavy (non-hydrogen) atoms. The van der Waals surface area contributed by atoms with Crippen LogP contribution in [0.1, 0.15) is 32.1 Å². The molecule has 6 nitrogen and oxygen atoms in total. The summed E-state index contributed by atoms with van der Waals surface area (Å²) in [6.45, 7) is 1.83. The van der Waals surface area contributed by atoms with Crippen molar-refractivity contribution in [2.24, 2.45) is 0 Å². The summed E-state index contributed by atoms with van der Waals surface area (Å²) in [7, 11) is 0. The minimum Gasteiger partial charge on any atom is -0.486 e. The number of pyridine rings is 1. The molecule has 0 fully saturated rings. The summed E-state index contributed by atoms with van der Waals surface area (Å²) < 4.78 is 5.45. The predicted octanol–water partition coefficient (Wildman–Crippen LogP) is 2.37. The van der Waals surface area contributed by atoms with Crippen LogP contribution in [0.15, 0.2) is 36.4 Å². The Hall–Kier alpha value is -2.89. The third-order valence-corrected chi connectivity index (χ3v) is 2.80. The smallest absolute Gasteiger partial charge is 0.358 e. The monoisotopic (exact) mass is 287 g/mol. The number of nitrogens with zero attached hydrogens (tertiary/aromatic N) is 1. The number of ether oxygens (including phenoxy) is 1. The second-order valence-electron chi connectivity index (χ2n) is 4.40. The fourth-order valence-electron chi connectivity index (χ4n) is 1.72. The van der Waals surface area contributed by atoms with Crippen molar-refractivity contribution < 1.29 is 24.5 Å². The zero-order valence-electron chi connectivity index (χ0n) is 11.2. The van der Waals surface area contributed by atoms with Crippen LogP contribution in [-0.2, 0) is 6.61 Å². The van der Waals surface area contributed by atoms with E-state index in [0.717, 1.165) is 5.56 Å². The van der Waals surface area contributed by atoms with Crippen LogP contribution < -0.4 is 4.74 Å². The first-order valence-corrected chi connectivity index (χ1v) is 6.13. The van der Waals surface area contributed by atoms with Crippen LogP contribution in [0.5, 0.6) is 5.75 Å². The lowest BCUT2D eigenvalue weighted by Gasteiger charge is -2.09. The van der Waals surface area contributed by atoms with Crippen LogP contribution >= 0.6 is 0 Å². The number of hydrogen-bond acceptors (Lipinski definition) is 4. The molecule has 108 valence electrons. The van der Waals surface area contributed by atoms with Crippen LogP contribution in [0, 0.1) is 6.92 Å². The van der Waals surface area contributed by atoms with Gasteiger partial charge in [0, 0.05) is 5.69 Å². The molecule has 0 aliphatic heterocycles. The number of aromatic nitrogens is 1. The van der Waals surface area contributed by atoms with Gasteiger partial charge in [-0.25, -0.2) is 14.6 Å². The normalized spacial score (nSPS) is 10.1. The van der Waals surface area contributed by atoms with E-state index in [2.05, 4.69) is 4.98 Å². The van der Waals surface area contributed by atoms with E-state index in [0.29, 0.717) is 5.69 Å². The first-order valence-electron chi connectivity index (χ1n) is 6.13. The zero-order valence-corrected chi connectivity index (χ0v) is 11.2. The number of aromatic carboxylic acids is 2. The number of aryl methyl sites for hydroxylation is 1. The second kappa shape index (κ2) is 6.04. The van der Waals surface area contributed by atoms with Gasteiger partial charge in [-0.05, 0) is 36.8 Å². The largest absolute Gasteiger partial charge is 0.486 e. The number of benzene rings is 1. The SMILES string of the molecule is Cc1ccc(OCc2ccc(C(=O)O)cc2)c(C(=O)O)n1. The number of carboxylic acid groups (broad SMARTS) is 2. The molecule has 0 aliphatic rings. The summed E-state index contributed by atoms with van der Waals surface area (Å²) in [5, 5.41) is 17.9. The molecule has 2 rings (SSSR count). The lowest BCUT2D eigenvalue weighted by atomic mass is 10.1. The molecule has 0 bridgehead atoms. The highest BCUT2D eigenvalue weighted by atomic mass is 16.5. The molecular weight excluding hydrogens is 274 g/mol. The fraction of sp³-hybridized carbons (Fsp3) is 0.133. The van der Waals surface area contributed by atoms with E-state index < -0.39 is 11.9 Å². The Bertz CT molecular complexity index is 679. The maximum absolute atomic E-state index is 11.1. The van der Waals surface area contributed by atoms with E-state index in [-0.39, 0.29) is 23.6 Å². The molecule has 0 aliphatic carbocycles. The van der Waals surface area contributed by atoms with Gasteiger partial charge in [-0.15, -0.1) is 0 Å². The number of carbonyl (C=O) groups is 2. The summed E-state index contributed by atoms with van der Waals surface area (Å²) in [4.78, 5) is 25.8. The van der Waals surface area contributed by atoms with Crippen molar-refractivity contribution in [3.8, 4) is 5.75 Å². The number of hydrogen-bond donors (Lipinski definition) is 2. The molecule has 0 unspecified atom stereocenters. The molecule has 1 aromatic heterocycles. The number of rotatable bonds is 5. The summed E-state index contributed by atoms with van der Waals surface area (Å²) in [6.07, 6.45) is 0. The summed E-state index contributed by atoms with van der Waals surface area (Å²) in [6, 6.07) is 9.38. The molecule has 2 N–H and O–H groups in total. The summed E-state index contributed by atoms with van der Waals surface area (Å²) in [5.74, 6) is -1.98. The van der Waals surface area contributed by atoms with Crippen molar-refractivity contribution >= 4 is 11.9 Å². The molecule has 2 aromatic rings. The third-order valence-electron chi connectivity index (χ3n) is 2.80. The van der Waals surface area contributed by atoms with E-state index in [1.807, 2.05) is 0 Å². The van der Waals surface area contributed by atoms with Gasteiger partial charge < -0.3 is 14.9 Å². The standard InChI is InChI=1S/C15H13NO5/c1-9-2-7-12(13(16-9)15(19)20)21-8-10-3-5-11(6-4-10)14(17)18/h2-7H,8H2,1H3,(H,17,18)(H,19,20). The van der Waals surface area contributed by atoms with E-state index >= 15 is 0 Å². The predicted molar refractivity (Wildman–Crippen MR) is 73.7 cm³/mol. The molecule has 1 aromatic carbocycles. The minimum absolute atomic E-state index is 0.130. The van der Waals surface area contributed by atoms with Crippen molar-refractivity contribution in [1.29, 1.82) is 0 Å². The molecule has 0 atom stereocenters. The molecule has 0 radical (unpaired) electrons. The van der Waals surface area contributed by atoms with E-state index in [1.165, 1.54) is 12.1 Å². The van der Waals surface area contributed by atoms with Crippen molar-refractivity contribution in [3.05, 3.63) is 58.9 Å². The van der Waals surface area contributed by atoms with E-state index in [9.17, 15) is 9.59 Å². The Morgan fingerprint density at radius 3 is 2.29 bits per heavy atom. The van der Waals surface area contributed by atoms with Gasteiger partial charge in [0.15, 0.2) is 11.4 Å². The van der Waals surface area contributed by atoms with Crippen molar-refractivity contribution in [2.75, 3.05) is 0 Å². The zero-order chi connectivity index (χ0) is 15.4. The highest BCUT2D eigenvalue weighted by molar-refractivity contribution is 5.88. The van der Waals surface area contributed by atoms with Crippen LogP contribution in [0.4, 0.5) is 0 Å². The van der Waals surface area contributed by atoms with Gasteiger partial charge in [-0.2, -0.15) is 0 Å². The maximum atomic E-state index is 11.1. The van der Waals surface area contributed by atoms with Gasteiger partial charge in [-0.1, -0.05) is 12.1 Å². The lowest BCUT2D eigenvalue weighted by molar-refractivity contribution is 0.0677.